The Labute approximate surface area is 92.6 Å². The highest BCUT2D eigenvalue weighted by molar-refractivity contribution is 5.93. The first-order valence-corrected chi connectivity index (χ1v) is 6.83. The van der Waals surface area contributed by atoms with Crippen LogP contribution in [0.15, 0.2) is 0 Å². The lowest BCUT2D eigenvalue weighted by Gasteiger charge is -2.61. The predicted octanol–water partition coefficient (Wildman–Crippen LogP) is 3.86. The molecule has 2 spiro atoms. The lowest BCUT2D eigenvalue weighted by Crippen LogP contribution is -2.60. The van der Waals surface area contributed by atoms with E-state index in [1.54, 1.807) is 0 Å². The van der Waals surface area contributed by atoms with Crippen molar-refractivity contribution in [2.75, 3.05) is 0 Å². The molecule has 0 aromatic heterocycles. The number of hydrogen-bond acceptors (Lipinski definition) is 1. The smallest absolute Gasteiger partial charge is 0.140 e. The minimum Gasteiger partial charge on any atom is -0.299 e. The molecule has 0 amide bonds. The third-order valence-electron chi connectivity index (χ3n) is 5.57. The second kappa shape index (κ2) is 3.33. The van der Waals surface area contributed by atoms with E-state index in [9.17, 15) is 4.79 Å². The number of hydrogen-bond donors (Lipinski definition) is 0. The van der Waals surface area contributed by atoms with Gasteiger partial charge in [0, 0.05) is 11.8 Å². The molecule has 0 atom stereocenters. The van der Waals surface area contributed by atoms with E-state index < -0.39 is 0 Å². The Bertz CT molecular complexity index is 267. The molecule has 0 unspecified atom stereocenters. The van der Waals surface area contributed by atoms with Gasteiger partial charge in [-0.15, -0.1) is 0 Å². The summed E-state index contributed by atoms with van der Waals surface area (Å²) >= 11 is 0. The van der Waals surface area contributed by atoms with Crippen molar-refractivity contribution >= 4 is 5.78 Å². The molecule has 3 rings (SSSR count). The van der Waals surface area contributed by atoms with Crippen LogP contribution in [0.25, 0.3) is 0 Å². The van der Waals surface area contributed by atoms with Gasteiger partial charge in [-0.3, -0.25) is 4.79 Å². The highest BCUT2D eigenvalue weighted by Gasteiger charge is 2.63. The van der Waals surface area contributed by atoms with Crippen molar-refractivity contribution in [2.24, 2.45) is 10.8 Å². The predicted molar refractivity (Wildman–Crippen MR) is 60.7 cm³/mol. The fourth-order valence-electron chi connectivity index (χ4n) is 4.68. The van der Waals surface area contributed by atoms with Crippen LogP contribution in [0.2, 0.25) is 0 Å². The molecule has 1 nitrogen and oxygen atoms in total. The number of ketones is 1. The highest BCUT2D eigenvalue weighted by atomic mass is 16.1. The first-order valence-electron chi connectivity index (χ1n) is 6.83. The Balaban J connectivity index is 1.87. The van der Waals surface area contributed by atoms with Gasteiger partial charge in [-0.1, -0.05) is 38.5 Å². The number of carbonyl (C=O) groups excluding carboxylic acids is 1. The summed E-state index contributed by atoms with van der Waals surface area (Å²) in [6, 6.07) is 0. The summed E-state index contributed by atoms with van der Waals surface area (Å²) in [6.45, 7) is 0. The maximum atomic E-state index is 12.1. The third kappa shape index (κ3) is 1.18. The Kier molecular flexibility index (Phi) is 2.19. The fourth-order valence-corrected chi connectivity index (χ4v) is 4.68. The van der Waals surface area contributed by atoms with Gasteiger partial charge in [0.15, 0.2) is 0 Å². The van der Waals surface area contributed by atoms with Crippen LogP contribution in [0.1, 0.15) is 70.6 Å². The molecular weight excluding hydrogens is 184 g/mol. The van der Waals surface area contributed by atoms with Gasteiger partial charge >= 0.3 is 0 Å². The quantitative estimate of drug-likeness (QED) is 0.588. The van der Waals surface area contributed by atoms with Crippen molar-refractivity contribution in [3.8, 4) is 0 Å². The van der Waals surface area contributed by atoms with Gasteiger partial charge in [-0.2, -0.15) is 0 Å². The zero-order valence-corrected chi connectivity index (χ0v) is 9.69. The van der Waals surface area contributed by atoms with Gasteiger partial charge in [0.1, 0.15) is 5.78 Å². The van der Waals surface area contributed by atoms with Crippen LogP contribution in [0.4, 0.5) is 0 Å². The standard InChI is InChI=1S/C14H22O/c15-12-11-13(7-3-1-4-8-13)14(12)9-5-2-6-10-14/h1-11H2. The van der Waals surface area contributed by atoms with Gasteiger partial charge in [0.05, 0.1) is 0 Å². The van der Waals surface area contributed by atoms with Crippen molar-refractivity contribution in [3.05, 3.63) is 0 Å². The molecule has 3 saturated carbocycles. The van der Waals surface area contributed by atoms with E-state index in [2.05, 4.69) is 0 Å². The summed E-state index contributed by atoms with van der Waals surface area (Å²) in [7, 11) is 0. The van der Waals surface area contributed by atoms with Crippen LogP contribution in [-0.4, -0.2) is 5.78 Å². The zero-order valence-electron chi connectivity index (χ0n) is 9.69. The van der Waals surface area contributed by atoms with Crippen LogP contribution < -0.4 is 0 Å². The summed E-state index contributed by atoms with van der Waals surface area (Å²) in [5.74, 6) is 0.629. The van der Waals surface area contributed by atoms with Gasteiger partial charge in [-0.05, 0) is 31.1 Å². The van der Waals surface area contributed by atoms with Gasteiger partial charge in [0.2, 0.25) is 0 Å². The average molecular weight is 206 g/mol. The van der Waals surface area contributed by atoms with E-state index in [-0.39, 0.29) is 5.41 Å². The summed E-state index contributed by atoms with van der Waals surface area (Å²) in [5, 5.41) is 0. The molecule has 84 valence electrons. The van der Waals surface area contributed by atoms with E-state index in [1.807, 2.05) is 0 Å². The molecule has 0 radical (unpaired) electrons. The molecule has 0 saturated heterocycles. The molecule has 0 bridgehead atoms. The van der Waals surface area contributed by atoms with Gasteiger partial charge < -0.3 is 0 Å². The van der Waals surface area contributed by atoms with Crippen LogP contribution in [0.3, 0.4) is 0 Å². The normalized spacial score (nSPS) is 32.9. The van der Waals surface area contributed by atoms with E-state index in [0.717, 1.165) is 6.42 Å². The maximum Gasteiger partial charge on any atom is 0.140 e. The largest absolute Gasteiger partial charge is 0.299 e. The SMILES string of the molecule is O=C1CC2(CCCCC2)C12CCCCC2. The van der Waals surface area contributed by atoms with E-state index in [1.165, 1.54) is 64.2 Å². The second-order valence-corrected chi connectivity index (χ2v) is 6.08. The van der Waals surface area contributed by atoms with Crippen LogP contribution >= 0.6 is 0 Å². The first-order chi connectivity index (χ1) is 7.29. The van der Waals surface area contributed by atoms with Gasteiger partial charge in [0.25, 0.3) is 0 Å². The number of carbonyl (C=O) groups is 1. The van der Waals surface area contributed by atoms with Crippen LogP contribution in [-0.2, 0) is 4.79 Å². The average Bonchev–Trinajstić information content (AvgIpc) is 2.32. The Morgan fingerprint density at radius 1 is 0.733 bits per heavy atom. The van der Waals surface area contributed by atoms with Crippen molar-refractivity contribution in [3.63, 3.8) is 0 Å². The Morgan fingerprint density at radius 2 is 1.27 bits per heavy atom. The molecule has 3 fully saturated rings. The molecule has 3 aliphatic carbocycles. The van der Waals surface area contributed by atoms with Crippen molar-refractivity contribution in [2.45, 2.75) is 70.6 Å². The monoisotopic (exact) mass is 206 g/mol. The van der Waals surface area contributed by atoms with E-state index in [0.29, 0.717) is 11.2 Å². The second-order valence-electron chi connectivity index (χ2n) is 6.08. The van der Waals surface area contributed by atoms with Crippen LogP contribution in [0.5, 0.6) is 0 Å². The lowest BCUT2D eigenvalue weighted by molar-refractivity contribution is -0.172. The maximum absolute atomic E-state index is 12.1. The fraction of sp³-hybridized carbons (Fsp3) is 0.929. The minimum absolute atomic E-state index is 0.186. The molecule has 1 heteroatoms. The summed E-state index contributed by atoms with van der Waals surface area (Å²) in [4.78, 5) is 12.1. The Morgan fingerprint density at radius 3 is 1.80 bits per heavy atom. The molecule has 15 heavy (non-hydrogen) atoms. The summed E-state index contributed by atoms with van der Waals surface area (Å²) in [5.41, 5.74) is 0.675. The molecule has 0 aliphatic heterocycles. The Hall–Kier alpha value is -0.330. The van der Waals surface area contributed by atoms with Crippen molar-refractivity contribution in [1.82, 2.24) is 0 Å². The van der Waals surface area contributed by atoms with Crippen molar-refractivity contribution in [1.29, 1.82) is 0 Å². The first kappa shape index (κ1) is 9.86. The van der Waals surface area contributed by atoms with E-state index >= 15 is 0 Å². The number of Topliss-reactive ketones (excluding diaryl/α,β-unsaturated/α-hetero) is 1. The lowest BCUT2D eigenvalue weighted by atomic mass is 9.41. The molecule has 0 N–H and O–H groups in total. The zero-order chi connectivity index (χ0) is 10.4. The molecule has 0 heterocycles. The minimum atomic E-state index is 0.186. The number of rotatable bonds is 0. The topological polar surface area (TPSA) is 17.1 Å². The third-order valence-corrected chi connectivity index (χ3v) is 5.57. The van der Waals surface area contributed by atoms with Crippen molar-refractivity contribution < 1.29 is 4.79 Å². The molecular formula is C14H22O. The molecule has 3 aliphatic rings. The van der Waals surface area contributed by atoms with Gasteiger partial charge in [-0.25, -0.2) is 0 Å². The van der Waals surface area contributed by atoms with E-state index in [4.69, 9.17) is 0 Å². The molecule has 0 aromatic rings. The highest BCUT2D eigenvalue weighted by Crippen LogP contribution is 2.66. The number of fused-ring (bicyclic) bond motifs is 1. The summed E-state index contributed by atoms with van der Waals surface area (Å²) in [6.07, 6.45) is 14.3. The van der Waals surface area contributed by atoms with Crippen LogP contribution in [0, 0.1) is 10.8 Å². The summed E-state index contributed by atoms with van der Waals surface area (Å²) < 4.78 is 0. The molecule has 0 aromatic carbocycles.